The number of nitrogens with one attached hydrogen (secondary N) is 2. The molecule has 0 aliphatic carbocycles. The number of para-hydroxylation sites is 2. The van der Waals surface area contributed by atoms with Gasteiger partial charge in [-0.25, -0.2) is 0 Å². The summed E-state index contributed by atoms with van der Waals surface area (Å²) in [5.74, 6) is 0.398. The second-order valence-electron chi connectivity index (χ2n) is 5.83. The number of ether oxygens (including phenoxy) is 2. The molecule has 6 nitrogen and oxygen atoms in total. The lowest BCUT2D eigenvalue weighted by Gasteiger charge is -2.18. The minimum absolute atomic E-state index is 0.0468. The van der Waals surface area contributed by atoms with Crippen LogP contribution in [0.5, 0.6) is 5.75 Å². The Labute approximate surface area is 153 Å². The number of anilines is 2. The van der Waals surface area contributed by atoms with E-state index in [1.54, 1.807) is 38.3 Å². The number of ketones is 1. The smallest absolute Gasteiger partial charge is 0.246 e. The van der Waals surface area contributed by atoms with E-state index in [2.05, 4.69) is 10.6 Å². The first-order chi connectivity index (χ1) is 12.5. The molecular weight excluding hydrogens is 332 g/mol. The fourth-order valence-electron chi connectivity index (χ4n) is 2.31. The van der Waals surface area contributed by atoms with Gasteiger partial charge in [0, 0.05) is 18.4 Å². The highest BCUT2D eigenvalue weighted by Crippen LogP contribution is 2.24. The van der Waals surface area contributed by atoms with Crippen molar-refractivity contribution in [3.8, 4) is 5.75 Å². The number of carbonyl (C=O) groups excluding carboxylic acids is 2. The second-order valence-corrected chi connectivity index (χ2v) is 5.83. The summed E-state index contributed by atoms with van der Waals surface area (Å²) < 4.78 is 10.6. The molecular formula is C20H24N2O4. The fourth-order valence-corrected chi connectivity index (χ4v) is 2.31. The topological polar surface area (TPSA) is 76.7 Å². The van der Waals surface area contributed by atoms with E-state index in [4.69, 9.17) is 9.47 Å². The number of carbonyl (C=O) groups is 2. The molecule has 1 atom stereocenters. The van der Waals surface area contributed by atoms with Crippen LogP contribution in [0.2, 0.25) is 0 Å². The van der Waals surface area contributed by atoms with Gasteiger partial charge in [-0.1, -0.05) is 24.3 Å². The van der Waals surface area contributed by atoms with Crippen molar-refractivity contribution in [2.75, 3.05) is 31.0 Å². The molecule has 1 unspecified atom stereocenters. The third-order valence-corrected chi connectivity index (χ3v) is 3.73. The summed E-state index contributed by atoms with van der Waals surface area (Å²) in [6.45, 7) is 4.16. The van der Waals surface area contributed by atoms with Gasteiger partial charge in [-0.3, -0.25) is 9.59 Å². The predicted molar refractivity (Wildman–Crippen MR) is 102 cm³/mol. The average molecular weight is 356 g/mol. The van der Waals surface area contributed by atoms with Gasteiger partial charge in [0.2, 0.25) is 5.91 Å². The lowest BCUT2D eigenvalue weighted by molar-refractivity contribution is -0.116. The van der Waals surface area contributed by atoms with Crippen LogP contribution in [0.15, 0.2) is 48.5 Å². The van der Waals surface area contributed by atoms with Gasteiger partial charge in [0.1, 0.15) is 18.4 Å². The van der Waals surface area contributed by atoms with Crippen LogP contribution in [-0.2, 0) is 9.53 Å². The van der Waals surface area contributed by atoms with Gasteiger partial charge in [-0.15, -0.1) is 0 Å². The van der Waals surface area contributed by atoms with Crippen LogP contribution >= 0.6 is 0 Å². The summed E-state index contributed by atoms with van der Waals surface area (Å²) in [6, 6.07) is 13.8. The number of rotatable bonds is 9. The SMILES string of the molecule is COCCOc1ccccc1NC(C)C(=O)Nc1cccc(C(C)=O)c1. The molecule has 0 bridgehead atoms. The summed E-state index contributed by atoms with van der Waals surface area (Å²) >= 11 is 0. The molecule has 0 saturated heterocycles. The molecule has 138 valence electrons. The molecule has 0 heterocycles. The molecule has 0 saturated carbocycles. The molecule has 2 rings (SSSR count). The predicted octanol–water partition coefficient (Wildman–Crippen LogP) is 3.35. The Morgan fingerprint density at radius 2 is 1.85 bits per heavy atom. The quantitative estimate of drug-likeness (QED) is 0.532. The molecule has 1 amide bonds. The monoisotopic (exact) mass is 356 g/mol. The Balaban J connectivity index is 2.01. The molecule has 0 aliphatic rings. The third kappa shape index (κ3) is 5.60. The van der Waals surface area contributed by atoms with Gasteiger partial charge in [0.25, 0.3) is 0 Å². The lowest BCUT2D eigenvalue weighted by Crippen LogP contribution is -2.32. The summed E-state index contributed by atoms with van der Waals surface area (Å²) in [7, 11) is 1.61. The largest absolute Gasteiger partial charge is 0.489 e. The molecule has 0 radical (unpaired) electrons. The summed E-state index contributed by atoms with van der Waals surface area (Å²) in [5.41, 5.74) is 1.87. The highest BCUT2D eigenvalue weighted by atomic mass is 16.5. The van der Waals surface area contributed by atoms with E-state index in [0.717, 1.165) is 5.69 Å². The van der Waals surface area contributed by atoms with Crippen LogP contribution in [0.4, 0.5) is 11.4 Å². The highest BCUT2D eigenvalue weighted by molar-refractivity contribution is 5.99. The Bertz CT molecular complexity index is 761. The number of methoxy groups -OCH3 is 1. The van der Waals surface area contributed by atoms with Crippen molar-refractivity contribution in [1.29, 1.82) is 0 Å². The Hall–Kier alpha value is -2.86. The molecule has 6 heteroatoms. The summed E-state index contributed by atoms with van der Waals surface area (Å²) in [6.07, 6.45) is 0. The third-order valence-electron chi connectivity index (χ3n) is 3.73. The number of benzene rings is 2. The number of hydrogen-bond donors (Lipinski definition) is 2. The van der Waals surface area contributed by atoms with Crippen LogP contribution in [0.25, 0.3) is 0 Å². The van der Waals surface area contributed by atoms with Crippen LogP contribution in [-0.4, -0.2) is 38.1 Å². The van der Waals surface area contributed by atoms with Crippen molar-refractivity contribution in [2.24, 2.45) is 0 Å². The molecule has 26 heavy (non-hydrogen) atoms. The first-order valence-corrected chi connectivity index (χ1v) is 8.40. The van der Waals surface area contributed by atoms with E-state index in [9.17, 15) is 9.59 Å². The maximum Gasteiger partial charge on any atom is 0.246 e. The zero-order valence-electron chi connectivity index (χ0n) is 15.2. The van der Waals surface area contributed by atoms with Gasteiger partial charge in [-0.2, -0.15) is 0 Å². The standard InChI is InChI=1S/C20H24N2O4/c1-14(20(24)22-17-8-6-7-16(13-17)15(2)23)21-18-9-4-5-10-19(18)26-12-11-25-3/h4-10,13-14,21H,11-12H2,1-3H3,(H,22,24). The Kier molecular flexibility index (Phi) is 7.17. The van der Waals surface area contributed by atoms with Gasteiger partial charge in [0.05, 0.1) is 12.3 Å². The van der Waals surface area contributed by atoms with E-state index in [1.165, 1.54) is 6.92 Å². The average Bonchev–Trinajstić information content (AvgIpc) is 2.63. The maximum absolute atomic E-state index is 12.5. The summed E-state index contributed by atoms with van der Waals surface area (Å²) in [5, 5.41) is 5.96. The van der Waals surface area contributed by atoms with Crippen LogP contribution in [0.3, 0.4) is 0 Å². The minimum atomic E-state index is -0.497. The van der Waals surface area contributed by atoms with Gasteiger partial charge in [0.15, 0.2) is 5.78 Å². The fraction of sp³-hybridized carbons (Fsp3) is 0.300. The van der Waals surface area contributed by atoms with E-state index >= 15 is 0 Å². The van der Waals surface area contributed by atoms with Crippen LogP contribution in [0, 0.1) is 0 Å². The van der Waals surface area contributed by atoms with Crippen molar-refractivity contribution in [3.05, 3.63) is 54.1 Å². The number of hydrogen-bond acceptors (Lipinski definition) is 5. The van der Waals surface area contributed by atoms with E-state index in [-0.39, 0.29) is 11.7 Å². The Morgan fingerprint density at radius 1 is 1.08 bits per heavy atom. The van der Waals surface area contributed by atoms with Crippen LogP contribution in [0.1, 0.15) is 24.2 Å². The zero-order valence-corrected chi connectivity index (χ0v) is 15.2. The van der Waals surface area contributed by atoms with Crippen molar-refractivity contribution in [1.82, 2.24) is 0 Å². The van der Waals surface area contributed by atoms with Crippen molar-refractivity contribution in [2.45, 2.75) is 19.9 Å². The van der Waals surface area contributed by atoms with E-state index < -0.39 is 6.04 Å². The number of Topliss-reactive ketones (excluding diaryl/α,β-unsaturated/α-hetero) is 1. The van der Waals surface area contributed by atoms with Crippen molar-refractivity contribution < 1.29 is 19.1 Å². The molecule has 0 spiro atoms. The van der Waals surface area contributed by atoms with E-state index in [0.29, 0.717) is 30.2 Å². The highest BCUT2D eigenvalue weighted by Gasteiger charge is 2.15. The first kappa shape index (κ1) is 19.5. The molecule has 0 aliphatic heterocycles. The molecule has 2 aromatic rings. The summed E-state index contributed by atoms with van der Waals surface area (Å²) in [4.78, 5) is 23.9. The minimum Gasteiger partial charge on any atom is -0.489 e. The van der Waals surface area contributed by atoms with Gasteiger partial charge >= 0.3 is 0 Å². The van der Waals surface area contributed by atoms with Crippen molar-refractivity contribution >= 4 is 23.1 Å². The number of amides is 1. The maximum atomic E-state index is 12.5. The van der Waals surface area contributed by atoms with E-state index in [1.807, 2.05) is 24.3 Å². The second kappa shape index (κ2) is 9.58. The molecule has 2 aromatic carbocycles. The first-order valence-electron chi connectivity index (χ1n) is 8.40. The normalized spacial score (nSPS) is 11.5. The van der Waals surface area contributed by atoms with Crippen LogP contribution < -0.4 is 15.4 Å². The Morgan fingerprint density at radius 3 is 2.58 bits per heavy atom. The van der Waals surface area contributed by atoms with Gasteiger partial charge < -0.3 is 20.1 Å². The lowest BCUT2D eigenvalue weighted by atomic mass is 10.1. The molecule has 0 aromatic heterocycles. The zero-order chi connectivity index (χ0) is 18.9. The molecule has 0 fully saturated rings. The van der Waals surface area contributed by atoms with Gasteiger partial charge in [-0.05, 0) is 38.1 Å². The molecule has 2 N–H and O–H groups in total. The van der Waals surface area contributed by atoms with Crippen molar-refractivity contribution in [3.63, 3.8) is 0 Å².